The molecule has 1 aliphatic rings. The molecule has 0 spiro atoms. The third-order valence-corrected chi connectivity index (χ3v) is 6.52. The van der Waals surface area contributed by atoms with Crippen LogP contribution in [0, 0.1) is 0 Å². The maximum Gasteiger partial charge on any atom is 0.332 e. The molecule has 1 saturated heterocycles. The highest BCUT2D eigenvalue weighted by Crippen LogP contribution is 2.27. The lowest BCUT2D eigenvalue weighted by molar-refractivity contribution is 0.0942. The van der Waals surface area contributed by atoms with Crippen LogP contribution in [-0.4, -0.2) is 43.7 Å². The number of carbonyl (C=O) groups excluding carboxylic acids is 1. The van der Waals surface area contributed by atoms with Crippen molar-refractivity contribution < 1.29 is 4.79 Å². The first-order valence-corrected chi connectivity index (χ1v) is 11.1. The number of amides is 1. The molecule has 4 heterocycles. The maximum absolute atomic E-state index is 13.1. The van der Waals surface area contributed by atoms with E-state index in [-0.39, 0.29) is 17.5 Å². The number of hydrogen-bond donors (Lipinski definition) is 1. The van der Waals surface area contributed by atoms with Crippen LogP contribution in [0.25, 0.3) is 11.0 Å². The summed E-state index contributed by atoms with van der Waals surface area (Å²) in [5.41, 5.74) is 0.104. The summed E-state index contributed by atoms with van der Waals surface area (Å²) >= 11 is 1.60. The fraction of sp³-hybridized carbons (Fsp3) is 0.500. The van der Waals surface area contributed by atoms with Gasteiger partial charge in [0.05, 0.1) is 5.39 Å². The van der Waals surface area contributed by atoms with Crippen molar-refractivity contribution in [3.8, 4) is 0 Å². The molecule has 4 rings (SSSR count). The van der Waals surface area contributed by atoms with Gasteiger partial charge in [0.1, 0.15) is 11.3 Å². The Morgan fingerprint density at radius 2 is 2.10 bits per heavy atom. The zero-order chi connectivity index (χ0) is 21.4. The van der Waals surface area contributed by atoms with Crippen LogP contribution in [0.5, 0.6) is 0 Å². The number of nitrogens with one attached hydrogen (secondary N) is 1. The van der Waals surface area contributed by atoms with Gasteiger partial charge in [-0.3, -0.25) is 18.7 Å². The van der Waals surface area contributed by atoms with Crippen molar-refractivity contribution in [2.45, 2.75) is 38.8 Å². The lowest BCUT2D eigenvalue weighted by Gasteiger charge is -2.24. The standard InChI is InChI=1S/C20H26N6O3S/c1-4-8-26-15(11-14-17(26)23(2)20(29)24(3)18(14)28)16(27)22-12-13-6-5-9-25(13)19-21-7-10-30-19/h7,10-11,13H,4-6,8-9,12H2,1-3H3,(H,22,27)/t13-/m1/s1. The molecule has 3 aromatic heterocycles. The van der Waals surface area contributed by atoms with Crippen LogP contribution in [0.3, 0.4) is 0 Å². The van der Waals surface area contributed by atoms with Gasteiger partial charge < -0.3 is 14.8 Å². The first-order valence-electron chi connectivity index (χ1n) is 10.2. The lowest BCUT2D eigenvalue weighted by atomic mass is 10.2. The van der Waals surface area contributed by atoms with E-state index in [9.17, 15) is 14.4 Å². The van der Waals surface area contributed by atoms with E-state index in [2.05, 4.69) is 15.2 Å². The molecule has 1 amide bonds. The minimum Gasteiger partial charge on any atom is -0.349 e. The van der Waals surface area contributed by atoms with Gasteiger partial charge in [-0.15, -0.1) is 11.3 Å². The van der Waals surface area contributed by atoms with Crippen LogP contribution in [0.15, 0.2) is 27.2 Å². The summed E-state index contributed by atoms with van der Waals surface area (Å²) in [6.07, 6.45) is 4.62. The quantitative estimate of drug-likeness (QED) is 0.636. The number of aryl methyl sites for hydroxylation is 2. The highest BCUT2D eigenvalue weighted by Gasteiger charge is 2.27. The molecule has 1 aliphatic heterocycles. The van der Waals surface area contributed by atoms with Crippen molar-refractivity contribution in [3.05, 3.63) is 44.2 Å². The topological polar surface area (TPSA) is 94.2 Å². The number of aromatic nitrogens is 4. The van der Waals surface area contributed by atoms with Crippen LogP contribution >= 0.6 is 11.3 Å². The average molecular weight is 431 g/mol. The summed E-state index contributed by atoms with van der Waals surface area (Å²) in [4.78, 5) is 44.7. The first kappa shape index (κ1) is 20.4. The van der Waals surface area contributed by atoms with Gasteiger partial charge in [-0.2, -0.15) is 0 Å². The second-order valence-electron chi connectivity index (χ2n) is 7.64. The summed E-state index contributed by atoms with van der Waals surface area (Å²) in [5.74, 6) is -0.236. The first-order chi connectivity index (χ1) is 14.4. The number of nitrogens with zero attached hydrogens (tertiary/aromatic N) is 5. The second kappa shape index (κ2) is 8.10. The summed E-state index contributed by atoms with van der Waals surface area (Å²) < 4.78 is 4.29. The van der Waals surface area contributed by atoms with E-state index in [0.717, 1.165) is 35.5 Å². The Labute approximate surface area is 177 Å². The molecule has 0 radical (unpaired) electrons. The van der Waals surface area contributed by atoms with Crippen LogP contribution in [0.2, 0.25) is 0 Å². The van der Waals surface area contributed by atoms with E-state index >= 15 is 0 Å². The molecule has 1 atom stereocenters. The molecule has 160 valence electrons. The number of anilines is 1. The Morgan fingerprint density at radius 3 is 2.80 bits per heavy atom. The molecule has 9 nitrogen and oxygen atoms in total. The number of carbonyl (C=O) groups is 1. The fourth-order valence-electron chi connectivity index (χ4n) is 4.24. The molecule has 3 aromatic rings. The van der Waals surface area contributed by atoms with Gasteiger partial charge in [-0.1, -0.05) is 6.92 Å². The molecule has 10 heteroatoms. The van der Waals surface area contributed by atoms with Gasteiger partial charge in [0.25, 0.3) is 11.5 Å². The summed E-state index contributed by atoms with van der Waals surface area (Å²) in [7, 11) is 3.08. The third kappa shape index (κ3) is 3.34. The van der Waals surface area contributed by atoms with Crippen molar-refractivity contribution in [1.82, 2.24) is 24.0 Å². The van der Waals surface area contributed by atoms with E-state index in [0.29, 0.717) is 29.8 Å². The largest absolute Gasteiger partial charge is 0.349 e. The summed E-state index contributed by atoms with van der Waals surface area (Å²) in [6, 6.07) is 1.80. The van der Waals surface area contributed by atoms with Gasteiger partial charge in [-0.25, -0.2) is 9.78 Å². The molecule has 1 fully saturated rings. The van der Waals surface area contributed by atoms with Gasteiger partial charge in [-0.05, 0) is 25.3 Å². The van der Waals surface area contributed by atoms with E-state index in [1.165, 1.54) is 11.6 Å². The zero-order valence-corrected chi connectivity index (χ0v) is 18.2. The van der Waals surface area contributed by atoms with Gasteiger partial charge in [0.15, 0.2) is 5.13 Å². The molecular weight excluding hydrogens is 404 g/mol. The smallest absolute Gasteiger partial charge is 0.332 e. The Kier molecular flexibility index (Phi) is 5.50. The summed E-state index contributed by atoms with van der Waals surface area (Å²) in [6.45, 7) is 3.98. The van der Waals surface area contributed by atoms with Gasteiger partial charge >= 0.3 is 5.69 Å². The predicted octanol–water partition coefficient (Wildman–Crippen LogP) is 1.30. The summed E-state index contributed by atoms with van der Waals surface area (Å²) in [5, 5.41) is 6.35. The van der Waals surface area contributed by atoms with E-state index < -0.39 is 5.69 Å². The van der Waals surface area contributed by atoms with Crippen LogP contribution < -0.4 is 21.5 Å². The SMILES string of the molecule is CCCn1c(C(=O)NC[C@H]2CCCN2c2nccs2)cc2c(=O)n(C)c(=O)n(C)c21. The van der Waals surface area contributed by atoms with Crippen molar-refractivity contribution >= 4 is 33.4 Å². The zero-order valence-electron chi connectivity index (χ0n) is 17.4. The number of hydrogen-bond acceptors (Lipinski definition) is 6. The number of thiazole rings is 1. The van der Waals surface area contributed by atoms with Crippen molar-refractivity contribution in [3.63, 3.8) is 0 Å². The fourth-order valence-corrected chi connectivity index (χ4v) is 4.98. The predicted molar refractivity (Wildman–Crippen MR) is 118 cm³/mol. The number of fused-ring (bicyclic) bond motifs is 1. The van der Waals surface area contributed by atoms with Gasteiger partial charge in [0.2, 0.25) is 0 Å². The second-order valence-corrected chi connectivity index (χ2v) is 8.51. The average Bonchev–Trinajstić information content (AvgIpc) is 3.48. The van der Waals surface area contributed by atoms with Crippen LogP contribution in [-0.2, 0) is 20.6 Å². The lowest BCUT2D eigenvalue weighted by Crippen LogP contribution is -2.40. The van der Waals surface area contributed by atoms with Crippen LogP contribution in [0.1, 0.15) is 36.7 Å². The molecule has 0 saturated carbocycles. The maximum atomic E-state index is 13.1. The van der Waals surface area contributed by atoms with Crippen molar-refractivity contribution in [2.24, 2.45) is 14.1 Å². The molecule has 0 aliphatic carbocycles. The molecule has 0 unspecified atom stereocenters. The van der Waals surface area contributed by atoms with E-state index in [4.69, 9.17) is 0 Å². The Balaban J connectivity index is 1.64. The van der Waals surface area contributed by atoms with Crippen molar-refractivity contribution in [1.29, 1.82) is 0 Å². The Hall–Kier alpha value is -2.88. The minimum atomic E-state index is -0.403. The Morgan fingerprint density at radius 1 is 1.30 bits per heavy atom. The van der Waals surface area contributed by atoms with E-state index in [1.807, 2.05) is 12.3 Å². The normalized spacial score (nSPS) is 16.5. The molecule has 0 aromatic carbocycles. The third-order valence-electron chi connectivity index (χ3n) is 5.72. The van der Waals surface area contributed by atoms with Crippen LogP contribution in [0.4, 0.5) is 5.13 Å². The van der Waals surface area contributed by atoms with E-state index in [1.54, 1.807) is 35.2 Å². The highest BCUT2D eigenvalue weighted by atomic mass is 32.1. The van der Waals surface area contributed by atoms with Crippen molar-refractivity contribution in [2.75, 3.05) is 18.0 Å². The van der Waals surface area contributed by atoms with Gasteiger partial charge in [0, 0.05) is 51.3 Å². The molecule has 0 bridgehead atoms. The molecule has 30 heavy (non-hydrogen) atoms. The minimum absolute atomic E-state index is 0.196. The molecule has 1 N–H and O–H groups in total. The molecular formula is C20H26N6O3S. The monoisotopic (exact) mass is 430 g/mol. The number of rotatable bonds is 6. The Bertz CT molecular complexity index is 1190. The highest BCUT2D eigenvalue weighted by molar-refractivity contribution is 7.13.